The Balaban J connectivity index is 1.63. The highest BCUT2D eigenvalue weighted by atomic mass is 32.1. The van der Waals surface area contributed by atoms with Gasteiger partial charge in [0.15, 0.2) is 0 Å². The van der Waals surface area contributed by atoms with Crippen molar-refractivity contribution in [2.24, 2.45) is 5.92 Å². The summed E-state index contributed by atoms with van der Waals surface area (Å²) < 4.78 is 0. The maximum atomic E-state index is 13.3. The normalized spacial score (nSPS) is 18.9. The van der Waals surface area contributed by atoms with E-state index in [0.29, 0.717) is 13.1 Å². The largest absolute Gasteiger partial charge is 0.333 e. The molecule has 27 heavy (non-hydrogen) atoms. The first-order valence-electron chi connectivity index (χ1n) is 9.80. The molecule has 5 heteroatoms. The Hall–Kier alpha value is -2.14. The second-order valence-corrected chi connectivity index (χ2v) is 8.52. The van der Waals surface area contributed by atoms with Gasteiger partial charge in [0, 0.05) is 23.9 Å². The molecule has 2 aliphatic rings. The minimum absolute atomic E-state index is 0.0518. The van der Waals surface area contributed by atoms with Gasteiger partial charge in [-0.2, -0.15) is 0 Å². The van der Waals surface area contributed by atoms with Crippen molar-refractivity contribution >= 4 is 23.2 Å². The number of carbonyl (C=O) groups excluding carboxylic acids is 2. The molecule has 0 bridgehead atoms. The van der Waals surface area contributed by atoms with Crippen molar-refractivity contribution in [1.29, 1.82) is 0 Å². The van der Waals surface area contributed by atoms with E-state index in [0.717, 1.165) is 19.3 Å². The van der Waals surface area contributed by atoms with E-state index >= 15 is 0 Å². The topological polar surface area (TPSA) is 40.6 Å². The number of hydrogen-bond acceptors (Lipinski definition) is 3. The summed E-state index contributed by atoms with van der Waals surface area (Å²) in [5.74, 6) is 0.345. The maximum Gasteiger partial charge on any atom is 0.242 e. The second-order valence-electron chi connectivity index (χ2n) is 7.52. The Kier molecular flexibility index (Phi) is 5.04. The minimum Gasteiger partial charge on any atom is -0.333 e. The molecule has 0 spiro atoms. The van der Waals surface area contributed by atoms with Crippen LogP contribution in [-0.4, -0.2) is 41.2 Å². The van der Waals surface area contributed by atoms with Crippen LogP contribution in [0.1, 0.15) is 47.4 Å². The summed E-state index contributed by atoms with van der Waals surface area (Å²) >= 11 is 1.78. The van der Waals surface area contributed by atoms with Gasteiger partial charge in [-0.3, -0.25) is 9.59 Å². The van der Waals surface area contributed by atoms with Crippen LogP contribution in [0.3, 0.4) is 0 Å². The van der Waals surface area contributed by atoms with E-state index in [-0.39, 0.29) is 30.3 Å². The molecule has 2 amide bonds. The van der Waals surface area contributed by atoms with Gasteiger partial charge < -0.3 is 9.80 Å². The Labute approximate surface area is 164 Å². The smallest absolute Gasteiger partial charge is 0.242 e. The summed E-state index contributed by atoms with van der Waals surface area (Å²) in [7, 11) is 0. The molecule has 142 valence electrons. The highest BCUT2D eigenvalue weighted by molar-refractivity contribution is 7.10. The van der Waals surface area contributed by atoms with Crippen molar-refractivity contribution in [3.63, 3.8) is 0 Å². The molecule has 1 aromatic heterocycles. The molecule has 1 atom stereocenters. The molecule has 1 fully saturated rings. The number of thiophene rings is 1. The van der Waals surface area contributed by atoms with E-state index < -0.39 is 0 Å². The number of aryl methyl sites for hydroxylation is 1. The van der Waals surface area contributed by atoms with Crippen LogP contribution in [0.15, 0.2) is 35.7 Å². The van der Waals surface area contributed by atoms with Crippen LogP contribution in [0.25, 0.3) is 0 Å². The predicted octanol–water partition coefficient (Wildman–Crippen LogP) is 3.79. The molecule has 1 unspecified atom stereocenters. The number of hydrogen-bond donors (Lipinski definition) is 0. The Bertz CT molecular complexity index is 856. The second kappa shape index (κ2) is 7.47. The summed E-state index contributed by atoms with van der Waals surface area (Å²) in [5, 5.41) is 2.12. The fourth-order valence-corrected chi connectivity index (χ4v) is 4.91. The molecule has 1 saturated carbocycles. The van der Waals surface area contributed by atoms with E-state index in [4.69, 9.17) is 0 Å². The average molecular weight is 383 g/mol. The molecule has 1 aromatic carbocycles. The van der Waals surface area contributed by atoms with Crippen LogP contribution < -0.4 is 0 Å². The van der Waals surface area contributed by atoms with Gasteiger partial charge in [-0.1, -0.05) is 24.3 Å². The minimum atomic E-state index is -0.0524. The fourth-order valence-electron chi connectivity index (χ4n) is 4.00. The van der Waals surface area contributed by atoms with E-state index in [9.17, 15) is 9.59 Å². The SMILES string of the molecule is CCN(CC(=O)N1CCc2sccc2C1c1ccccc1C)C(=O)C1CC1. The third-order valence-corrected chi connectivity index (χ3v) is 6.71. The van der Waals surface area contributed by atoms with E-state index in [1.165, 1.54) is 21.6 Å². The number of amides is 2. The first-order valence-corrected chi connectivity index (χ1v) is 10.7. The number of benzene rings is 1. The monoisotopic (exact) mass is 382 g/mol. The Morgan fingerprint density at radius 3 is 2.67 bits per heavy atom. The lowest BCUT2D eigenvalue weighted by Crippen LogP contribution is -2.47. The van der Waals surface area contributed by atoms with Crippen LogP contribution in [0.4, 0.5) is 0 Å². The summed E-state index contributed by atoms with van der Waals surface area (Å²) in [6.07, 6.45) is 2.83. The predicted molar refractivity (Wildman–Crippen MR) is 108 cm³/mol. The Morgan fingerprint density at radius 2 is 1.96 bits per heavy atom. The van der Waals surface area contributed by atoms with Gasteiger partial charge in [-0.15, -0.1) is 11.3 Å². The van der Waals surface area contributed by atoms with Crippen molar-refractivity contribution in [3.05, 3.63) is 57.3 Å². The molecule has 1 aliphatic heterocycles. The summed E-state index contributed by atoms with van der Waals surface area (Å²) in [6.45, 7) is 5.55. The molecular formula is C22H26N2O2S. The summed E-state index contributed by atoms with van der Waals surface area (Å²) in [4.78, 5) is 30.8. The lowest BCUT2D eigenvalue weighted by Gasteiger charge is -2.38. The molecular weight excluding hydrogens is 356 g/mol. The Morgan fingerprint density at radius 1 is 1.19 bits per heavy atom. The van der Waals surface area contributed by atoms with Crippen molar-refractivity contribution in [2.75, 3.05) is 19.6 Å². The van der Waals surface area contributed by atoms with Crippen LogP contribution in [0.2, 0.25) is 0 Å². The van der Waals surface area contributed by atoms with E-state index in [1.54, 1.807) is 16.2 Å². The zero-order valence-corrected chi connectivity index (χ0v) is 16.8. The van der Waals surface area contributed by atoms with Gasteiger partial charge in [0.2, 0.25) is 11.8 Å². The first kappa shape index (κ1) is 18.2. The fraction of sp³-hybridized carbons (Fsp3) is 0.455. The van der Waals surface area contributed by atoms with Gasteiger partial charge >= 0.3 is 0 Å². The van der Waals surface area contributed by atoms with Gasteiger partial charge in [0.1, 0.15) is 0 Å². The van der Waals surface area contributed by atoms with Gasteiger partial charge in [0.25, 0.3) is 0 Å². The molecule has 0 N–H and O–H groups in total. The standard InChI is InChI=1S/C22H26N2O2S/c1-3-23(22(26)16-8-9-16)14-20(25)24-12-10-19-18(11-13-27-19)21(24)17-7-5-4-6-15(17)2/h4-7,11,13,16,21H,3,8-10,12,14H2,1-2H3. The van der Waals surface area contributed by atoms with Crippen LogP contribution >= 0.6 is 11.3 Å². The van der Waals surface area contributed by atoms with E-state index in [1.807, 2.05) is 24.0 Å². The van der Waals surface area contributed by atoms with Crippen LogP contribution in [0.5, 0.6) is 0 Å². The highest BCUT2D eigenvalue weighted by Gasteiger charge is 2.37. The quantitative estimate of drug-likeness (QED) is 0.789. The molecule has 2 aromatic rings. The van der Waals surface area contributed by atoms with Crippen LogP contribution in [-0.2, 0) is 16.0 Å². The van der Waals surface area contributed by atoms with E-state index in [2.05, 4.69) is 30.5 Å². The number of rotatable bonds is 5. The molecule has 4 rings (SSSR count). The average Bonchev–Trinajstić information content (AvgIpc) is 3.42. The molecule has 4 nitrogen and oxygen atoms in total. The van der Waals surface area contributed by atoms with Crippen molar-refractivity contribution in [2.45, 2.75) is 39.2 Å². The molecule has 1 aliphatic carbocycles. The lowest BCUT2D eigenvalue weighted by molar-refractivity contribution is -0.142. The lowest BCUT2D eigenvalue weighted by atomic mass is 9.90. The van der Waals surface area contributed by atoms with Crippen molar-refractivity contribution < 1.29 is 9.59 Å². The highest BCUT2D eigenvalue weighted by Crippen LogP contribution is 2.39. The number of nitrogens with zero attached hydrogens (tertiary/aromatic N) is 2. The van der Waals surface area contributed by atoms with Gasteiger partial charge in [-0.05, 0) is 61.2 Å². The number of fused-ring (bicyclic) bond motifs is 1. The maximum absolute atomic E-state index is 13.3. The van der Waals surface area contributed by atoms with Crippen molar-refractivity contribution in [3.8, 4) is 0 Å². The molecule has 0 radical (unpaired) electrons. The number of likely N-dealkylation sites (N-methyl/N-ethyl adjacent to an activating group) is 1. The number of carbonyl (C=O) groups is 2. The van der Waals surface area contributed by atoms with Gasteiger partial charge in [0.05, 0.1) is 12.6 Å². The van der Waals surface area contributed by atoms with Crippen molar-refractivity contribution in [1.82, 2.24) is 9.80 Å². The zero-order valence-electron chi connectivity index (χ0n) is 16.0. The zero-order chi connectivity index (χ0) is 19.0. The summed E-state index contributed by atoms with van der Waals surface area (Å²) in [6, 6.07) is 10.4. The van der Waals surface area contributed by atoms with Crippen LogP contribution in [0, 0.1) is 12.8 Å². The summed E-state index contributed by atoms with van der Waals surface area (Å²) in [5.41, 5.74) is 3.62. The third kappa shape index (κ3) is 3.53. The molecule has 2 heterocycles. The third-order valence-electron chi connectivity index (χ3n) is 5.72. The first-order chi connectivity index (χ1) is 13.1. The van der Waals surface area contributed by atoms with Gasteiger partial charge in [-0.25, -0.2) is 0 Å². The molecule has 0 saturated heterocycles.